The van der Waals surface area contributed by atoms with E-state index in [-0.39, 0.29) is 5.92 Å². The quantitative estimate of drug-likeness (QED) is 0.372. The summed E-state index contributed by atoms with van der Waals surface area (Å²) in [7, 11) is 0. The molecule has 0 heterocycles. The summed E-state index contributed by atoms with van der Waals surface area (Å²) in [5.41, 5.74) is 0. The first-order valence-electron chi connectivity index (χ1n) is 4.16. The SMILES string of the molecule is C=CC(C)C(NC=O)C(=O)OCC. The number of hydrogen-bond acceptors (Lipinski definition) is 3. The van der Waals surface area contributed by atoms with Gasteiger partial charge in [-0.05, 0) is 6.92 Å². The molecule has 0 aliphatic carbocycles. The second kappa shape index (κ2) is 6.22. The molecule has 0 rings (SSSR count). The summed E-state index contributed by atoms with van der Waals surface area (Å²) < 4.78 is 4.77. The Morgan fingerprint density at radius 3 is 2.69 bits per heavy atom. The Hall–Kier alpha value is -1.32. The first-order valence-corrected chi connectivity index (χ1v) is 4.16. The number of nitrogens with one attached hydrogen (secondary N) is 1. The summed E-state index contributed by atoms with van der Waals surface area (Å²) in [6.45, 7) is 7.35. The summed E-state index contributed by atoms with van der Waals surface area (Å²) in [6.07, 6.45) is 2.08. The fourth-order valence-corrected chi connectivity index (χ4v) is 0.876. The van der Waals surface area contributed by atoms with Gasteiger partial charge in [0.15, 0.2) is 0 Å². The van der Waals surface area contributed by atoms with E-state index in [9.17, 15) is 9.59 Å². The highest BCUT2D eigenvalue weighted by molar-refractivity contribution is 5.78. The van der Waals surface area contributed by atoms with Crippen LogP contribution in [-0.4, -0.2) is 25.0 Å². The third-order valence-electron chi connectivity index (χ3n) is 1.69. The van der Waals surface area contributed by atoms with E-state index >= 15 is 0 Å². The number of rotatable bonds is 6. The summed E-state index contributed by atoms with van der Waals surface area (Å²) in [6, 6.07) is -0.630. The fraction of sp³-hybridized carbons (Fsp3) is 0.556. The Labute approximate surface area is 78.0 Å². The van der Waals surface area contributed by atoms with E-state index in [1.165, 1.54) is 0 Å². The molecule has 0 aromatic rings. The largest absolute Gasteiger partial charge is 0.464 e. The predicted molar refractivity (Wildman–Crippen MR) is 49.0 cm³/mol. The smallest absolute Gasteiger partial charge is 0.329 e. The number of ether oxygens (including phenoxy) is 1. The molecular weight excluding hydrogens is 170 g/mol. The molecule has 0 aliphatic rings. The molecule has 0 saturated heterocycles. The molecule has 74 valence electrons. The van der Waals surface area contributed by atoms with Gasteiger partial charge in [-0.2, -0.15) is 0 Å². The van der Waals surface area contributed by atoms with E-state index in [1.54, 1.807) is 19.9 Å². The van der Waals surface area contributed by atoms with Gasteiger partial charge in [0.05, 0.1) is 6.61 Å². The standard InChI is InChI=1S/C9H15NO3/c1-4-7(3)8(10-6-11)9(12)13-5-2/h4,6-8H,1,5H2,2-3H3,(H,10,11). The monoisotopic (exact) mass is 185 g/mol. The molecule has 0 aromatic carbocycles. The summed E-state index contributed by atoms with van der Waals surface area (Å²) in [4.78, 5) is 21.4. The highest BCUT2D eigenvalue weighted by atomic mass is 16.5. The molecule has 0 spiro atoms. The van der Waals surface area contributed by atoms with Gasteiger partial charge in [-0.15, -0.1) is 6.58 Å². The maximum atomic E-state index is 11.2. The zero-order chi connectivity index (χ0) is 10.3. The van der Waals surface area contributed by atoms with Crippen molar-refractivity contribution in [3.05, 3.63) is 12.7 Å². The van der Waals surface area contributed by atoms with Crippen molar-refractivity contribution in [2.24, 2.45) is 5.92 Å². The number of carbonyl (C=O) groups is 2. The molecule has 2 unspecified atom stereocenters. The average molecular weight is 185 g/mol. The van der Waals surface area contributed by atoms with Crippen LogP contribution in [0.15, 0.2) is 12.7 Å². The first kappa shape index (κ1) is 11.7. The van der Waals surface area contributed by atoms with Gasteiger partial charge in [0.1, 0.15) is 6.04 Å². The predicted octanol–water partition coefficient (Wildman–Crippen LogP) is 0.486. The Morgan fingerprint density at radius 2 is 2.31 bits per heavy atom. The number of esters is 1. The molecule has 0 saturated carbocycles. The summed E-state index contributed by atoms with van der Waals surface area (Å²) >= 11 is 0. The molecule has 0 radical (unpaired) electrons. The lowest BCUT2D eigenvalue weighted by molar-refractivity contribution is -0.147. The van der Waals surface area contributed by atoms with Crippen LogP contribution >= 0.6 is 0 Å². The molecule has 0 bridgehead atoms. The lowest BCUT2D eigenvalue weighted by atomic mass is 10.0. The van der Waals surface area contributed by atoms with Crippen molar-refractivity contribution in [1.29, 1.82) is 0 Å². The van der Waals surface area contributed by atoms with Crippen LogP contribution in [0.2, 0.25) is 0 Å². The number of carbonyl (C=O) groups excluding carboxylic acids is 2. The Kier molecular flexibility index (Phi) is 5.59. The van der Waals surface area contributed by atoms with Crippen LogP contribution < -0.4 is 5.32 Å². The van der Waals surface area contributed by atoms with Crippen LogP contribution in [0.25, 0.3) is 0 Å². The molecule has 0 fully saturated rings. The second-order valence-electron chi connectivity index (χ2n) is 2.61. The molecule has 2 atom stereocenters. The average Bonchev–Trinajstić information content (AvgIpc) is 2.13. The lowest BCUT2D eigenvalue weighted by Gasteiger charge is -2.18. The highest BCUT2D eigenvalue weighted by Gasteiger charge is 2.23. The van der Waals surface area contributed by atoms with E-state index in [1.807, 2.05) is 0 Å². The third-order valence-corrected chi connectivity index (χ3v) is 1.69. The van der Waals surface area contributed by atoms with Crippen LogP contribution in [0, 0.1) is 5.92 Å². The van der Waals surface area contributed by atoms with E-state index in [2.05, 4.69) is 11.9 Å². The van der Waals surface area contributed by atoms with Crippen LogP contribution in [0.5, 0.6) is 0 Å². The molecule has 0 aromatic heterocycles. The second-order valence-corrected chi connectivity index (χ2v) is 2.61. The minimum Gasteiger partial charge on any atom is -0.464 e. The van der Waals surface area contributed by atoms with E-state index < -0.39 is 12.0 Å². The number of hydrogen-bond donors (Lipinski definition) is 1. The van der Waals surface area contributed by atoms with Crippen LogP contribution in [0.3, 0.4) is 0 Å². The van der Waals surface area contributed by atoms with Crippen molar-refractivity contribution in [3.63, 3.8) is 0 Å². The molecule has 1 amide bonds. The maximum absolute atomic E-state index is 11.2. The summed E-state index contributed by atoms with van der Waals surface area (Å²) in [5, 5.41) is 2.39. The third kappa shape index (κ3) is 3.73. The van der Waals surface area contributed by atoms with Gasteiger partial charge in [-0.1, -0.05) is 13.0 Å². The minimum absolute atomic E-state index is 0.135. The minimum atomic E-state index is -0.630. The van der Waals surface area contributed by atoms with Crippen LogP contribution in [0.4, 0.5) is 0 Å². The van der Waals surface area contributed by atoms with Gasteiger partial charge < -0.3 is 10.1 Å². The molecule has 4 heteroatoms. The van der Waals surface area contributed by atoms with Crippen molar-refractivity contribution in [2.45, 2.75) is 19.9 Å². The first-order chi connectivity index (χ1) is 6.17. The molecule has 13 heavy (non-hydrogen) atoms. The molecule has 0 aliphatic heterocycles. The van der Waals surface area contributed by atoms with Crippen LogP contribution in [0.1, 0.15) is 13.8 Å². The topological polar surface area (TPSA) is 55.4 Å². The normalized spacial score (nSPS) is 14.0. The Bertz CT molecular complexity index is 191. The molecular formula is C9H15NO3. The van der Waals surface area contributed by atoms with Crippen LogP contribution in [-0.2, 0) is 14.3 Å². The zero-order valence-electron chi connectivity index (χ0n) is 7.95. The highest BCUT2D eigenvalue weighted by Crippen LogP contribution is 2.05. The van der Waals surface area contributed by atoms with E-state index in [4.69, 9.17) is 4.74 Å². The molecule has 1 N–H and O–H groups in total. The molecule has 4 nitrogen and oxygen atoms in total. The van der Waals surface area contributed by atoms with Gasteiger partial charge in [-0.25, -0.2) is 4.79 Å². The fourth-order valence-electron chi connectivity index (χ4n) is 0.876. The Morgan fingerprint density at radius 1 is 1.69 bits per heavy atom. The van der Waals surface area contributed by atoms with E-state index in [0.29, 0.717) is 13.0 Å². The van der Waals surface area contributed by atoms with Gasteiger partial charge >= 0.3 is 5.97 Å². The van der Waals surface area contributed by atoms with Gasteiger partial charge in [0.2, 0.25) is 6.41 Å². The number of amides is 1. The lowest BCUT2D eigenvalue weighted by Crippen LogP contribution is -2.41. The van der Waals surface area contributed by atoms with Gasteiger partial charge in [0.25, 0.3) is 0 Å². The maximum Gasteiger partial charge on any atom is 0.329 e. The zero-order valence-corrected chi connectivity index (χ0v) is 7.95. The van der Waals surface area contributed by atoms with E-state index in [0.717, 1.165) is 0 Å². The Balaban J connectivity index is 4.29. The van der Waals surface area contributed by atoms with Crippen molar-refractivity contribution in [3.8, 4) is 0 Å². The van der Waals surface area contributed by atoms with Crippen molar-refractivity contribution in [2.75, 3.05) is 6.61 Å². The van der Waals surface area contributed by atoms with Crippen molar-refractivity contribution >= 4 is 12.4 Å². The van der Waals surface area contributed by atoms with Crippen molar-refractivity contribution < 1.29 is 14.3 Å². The van der Waals surface area contributed by atoms with Crippen molar-refractivity contribution in [1.82, 2.24) is 5.32 Å². The van der Waals surface area contributed by atoms with Gasteiger partial charge in [-0.3, -0.25) is 4.79 Å². The van der Waals surface area contributed by atoms with Gasteiger partial charge in [0, 0.05) is 5.92 Å². The summed E-state index contributed by atoms with van der Waals surface area (Å²) in [5.74, 6) is -0.564.